The van der Waals surface area contributed by atoms with Crippen LogP contribution in [-0.2, 0) is 0 Å². The van der Waals surface area contributed by atoms with Gasteiger partial charge in [-0.05, 0) is 24.0 Å². The molecule has 1 rings (SSSR count). The average Bonchev–Trinajstić information content (AvgIpc) is 2.77. The van der Waals surface area contributed by atoms with Crippen molar-refractivity contribution in [2.75, 3.05) is 25.5 Å². The van der Waals surface area contributed by atoms with Gasteiger partial charge in [0.1, 0.15) is 5.82 Å². The number of nitriles is 1. The molecule has 0 saturated heterocycles. The molecule has 0 unspecified atom stereocenters. The van der Waals surface area contributed by atoms with E-state index in [0.717, 1.165) is 25.3 Å². The molecule has 0 atom stereocenters. The van der Waals surface area contributed by atoms with Gasteiger partial charge in [-0.3, -0.25) is 0 Å². The average molecular weight is 238 g/mol. The molecule has 1 aromatic rings. The maximum absolute atomic E-state index is 8.32. The lowest BCUT2D eigenvalue weighted by molar-refractivity contribution is 0.490. The second-order valence-electron chi connectivity index (χ2n) is 3.16. The highest BCUT2D eigenvalue weighted by molar-refractivity contribution is 7.03. The summed E-state index contributed by atoms with van der Waals surface area (Å²) in [6.07, 6.45) is 2.56. The van der Waals surface area contributed by atoms with Crippen LogP contribution in [0.1, 0.15) is 6.42 Å². The van der Waals surface area contributed by atoms with E-state index in [1.165, 1.54) is 11.5 Å². The number of guanidine groups is 1. The summed E-state index contributed by atoms with van der Waals surface area (Å²) in [7, 11) is 1.80. The molecule has 1 aromatic heterocycles. The lowest BCUT2D eigenvalue weighted by atomic mass is 10.4. The Hall–Kier alpha value is -1.81. The predicted octanol–water partition coefficient (Wildman–Crippen LogP) is 0.673. The van der Waals surface area contributed by atoms with E-state index in [2.05, 4.69) is 14.7 Å². The van der Waals surface area contributed by atoms with Gasteiger partial charge in [-0.2, -0.15) is 9.64 Å². The van der Waals surface area contributed by atoms with E-state index in [4.69, 9.17) is 11.0 Å². The molecule has 0 radical (unpaired) electrons. The summed E-state index contributed by atoms with van der Waals surface area (Å²) >= 11 is 1.42. The first-order valence-corrected chi connectivity index (χ1v) is 5.65. The largest absolute Gasteiger partial charge is 0.369 e. The lowest BCUT2D eigenvalue weighted by Gasteiger charge is -2.16. The van der Waals surface area contributed by atoms with Gasteiger partial charge >= 0.3 is 0 Å². The van der Waals surface area contributed by atoms with Gasteiger partial charge < -0.3 is 16.0 Å². The Morgan fingerprint density at radius 1 is 1.81 bits per heavy atom. The first-order chi connectivity index (χ1) is 7.74. The Morgan fingerprint density at radius 2 is 2.62 bits per heavy atom. The fourth-order valence-corrected chi connectivity index (χ4v) is 1.58. The highest BCUT2D eigenvalue weighted by atomic mass is 32.1. The molecule has 16 heavy (non-hydrogen) atoms. The van der Waals surface area contributed by atoms with Gasteiger partial charge in [0.2, 0.25) is 12.2 Å². The molecule has 0 fully saturated rings. The zero-order chi connectivity index (χ0) is 11.8. The molecule has 7 heteroatoms. The lowest BCUT2D eigenvalue weighted by Crippen LogP contribution is -2.35. The fraction of sp³-hybridized carbons (Fsp3) is 0.444. The molecule has 0 amide bonds. The smallest absolute Gasteiger partial charge is 0.209 e. The molecule has 0 aromatic carbocycles. The molecule has 3 N–H and O–H groups in total. The minimum Gasteiger partial charge on any atom is -0.369 e. The number of anilines is 1. The zero-order valence-electron chi connectivity index (χ0n) is 9.05. The van der Waals surface area contributed by atoms with Crippen molar-refractivity contribution in [3.05, 3.63) is 11.4 Å². The second-order valence-corrected chi connectivity index (χ2v) is 3.82. The predicted molar refractivity (Wildman–Crippen MR) is 65.1 cm³/mol. The molecule has 1 heterocycles. The number of hydrogen-bond acceptors (Lipinski definition) is 5. The topological polar surface area (TPSA) is 90.3 Å². The van der Waals surface area contributed by atoms with Crippen molar-refractivity contribution in [1.29, 1.82) is 5.26 Å². The van der Waals surface area contributed by atoms with E-state index in [-0.39, 0.29) is 5.96 Å². The quantitative estimate of drug-likeness (QED) is 0.340. The number of aromatic nitrogens is 1. The summed E-state index contributed by atoms with van der Waals surface area (Å²) in [6, 6.07) is 1.93. The standard InChI is InChI=1S/C9H14N6S/c1-15(9(11)13-7-10)5-2-4-12-8-3-6-16-14-8/h3,6H,2,4-5H2,1H3,(H2,11,13)(H,12,14). The van der Waals surface area contributed by atoms with E-state index in [1.54, 1.807) is 18.1 Å². The van der Waals surface area contributed by atoms with Gasteiger partial charge in [0.25, 0.3) is 0 Å². The van der Waals surface area contributed by atoms with Crippen LogP contribution in [0, 0.1) is 11.5 Å². The van der Waals surface area contributed by atoms with Crippen molar-refractivity contribution in [1.82, 2.24) is 9.27 Å². The SMILES string of the molecule is CN(CCCNc1ccsn1)C(N)=NC#N. The van der Waals surface area contributed by atoms with Crippen LogP contribution in [0.5, 0.6) is 0 Å². The minimum absolute atomic E-state index is 0.246. The molecular weight excluding hydrogens is 224 g/mol. The van der Waals surface area contributed by atoms with Crippen LogP contribution in [0.25, 0.3) is 0 Å². The molecule has 0 saturated carbocycles. The third-order valence-corrected chi connectivity index (χ3v) is 2.53. The van der Waals surface area contributed by atoms with E-state index >= 15 is 0 Å². The monoisotopic (exact) mass is 238 g/mol. The molecule has 0 aliphatic carbocycles. The molecule has 0 aliphatic rings. The zero-order valence-corrected chi connectivity index (χ0v) is 9.87. The first kappa shape index (κ1) is 12.3. The van der Waals surface area contributed by atoms with E-state index < -0.39 is 0 Å². The summed E-state index contributed by atoms with van der Waals surface area (Å²) in [4.78, 5) is 5.19. The van der Waals surface area contributed by atoms with Crippen molar-refractivity contribution in [3.8, 4) is 6.19 Å². The highest BCUT2D eigenvalue weighted by Crippen LogP contribution is 2.05. The number of nitrogens with one attached hydrogen (secondary N) is 1. The second kappa shape index (κ2) is 6.63. The number of nitrogens with zero attached hydrogens (tertiary/aromatic N) is 4. The third kappa shape index (κ3) is 4.14. The summed E-state index contributed by atoms with van der Waals surface area (Å²) in [5, 5.41) is 13.4. The molecular formula is C9H14N6S. The van der Waals surface area contributed by atoms with Crippen LogP contribution in [-0.4, -0.2) is 35.4 Å². The molecule has 0 aliphatic heterocycles. The van der Waals surface area contributed by atoms with Crippen LogP contribution in [0.15, 0.2) is 16.4 Å². The van der Waals surface area contributed by atoms with E-state index in [9.17, 15) is 0 Å². The molecule has 0 bridgehead atoms. The number of nitrogens with two attached hydrogens (primary N) is 1. The van der Waals surface area contributed by atoms with Crippen molar-refractivity contribution in [2.24, 2.45) is 10.7 Å². The number of aliphatic imine (C=N–C) groups is 1. The fourth-order valence-electron chi connectivity index (χ4n) is 1.09. The van der Waals surface area contributed by atoms with Crippen LogP contribution >= 0.6 is 11.5 Å². The van der Waals surface area contributed by atoms with Crippen LogP contribution in [0.4, 0.5) is 5.82 Å². The summed E-state index contributed by atoms with van der Waals surface area (Å²) in [6.45, 7) is 1.56. The Morgan fingerprint density at radius 3 is 3.25 bits per heavy atom. The molecule has 86 valence electrons. The van der Waals surface area contributed by atoms with E-state index in [1.807, 2.05) is 11.4 Å². The Bertz CT molecular complexity index is 366. The van der Waals surface area contributed by atoms with Gasteiger partial charge in [0.15, 0.2) is 0 Å². The van der Waals surface area contributed by atoms with Crippen molar-refractivity contribution < 1.29 is 0 Å². The van der Waals surface area contributed by atoms with Gasteiger partial charge in [0.05, 0.1) is 0 Å². The third-order valence-electron chi connectivity index (χ3n) is 1.97. The minimum atomic E-state index is 0.246. The van der Waals surface area contributed by atoms with Gasteiger partial charge in [-0.1, -0.05) is 0 Å². The van der Waals surface area contributed by atoms with Crippen LogP contribution < -0.4 is 11.1 Å². The number of rotatable bonds is 5. The van der Waals surface area contributed by atoms with E-state index in [0.29, 0.717) is 0 Å². The highest BCUT2D eigenvalue weighted by Gasteiger charge is 2.00. The maximum Gasteiger partial charge on any atom is 0.209 e. The van der Waals surface area contributed by atoms with Crippen molar-refractivity contribution >= 4 is 23.3 Å². The van der Waals surface area contributed by atoms with Gasteiger partial charge in [-0.15, -0.1) is 4.99 Å². The first-order valence-electron chi connectivity index (χ1n) is 4.81. The summed E-state index contributed by atoms with van der Waals surface area (Å²) in [5.41, 5.74) is 5.53. The van der Waals surface area contributed by atoms with Crippen molar-refractivity contribution in [3.63, 3.8) is 0 Å². The molecule has 6 nitrogen and oxygen atoms in total. The van der Waals surface area contributed by atoms with Gasteiger partial charge in [-0.25, -0.2) is 0 Å². The van der Waals surface area contributed by atoms with Crippen LogP contribution in [0.3, 0.4) is 0 Å². The van der Waals surface area contributed by atoms with Crippen LogP contribution in [0.2, 0.25) is 0 Å². The molecule has 0 spiro atoms. The normalized spacial score (nSPS) is 10.9. The summed E-state index contributed by atoms with van der Waals surface area (Å²) < 4.78 is 4.12. The van der Waals surface area contributed by atoms with Gasteiger partial charge in [0, 0.05) is 25.5 Å². The maximum atomic E-state index is 8.32. The Labute approximate surface area is 98.6 Å². The summed E-state index contributed by atoms with van der Waals surface area (Å²) in [5.74, 6) is 1.14. The Balaban J connectivity index is 2.16. The van der Waals surface area contributed by atoms with Crippen molar-refractivity contribution in [2.45, 2.75) is 6.42 Å². The number of hydrogen-bond donors (Lipinski definition) is 2. The Kier molecular flexibility index (Phi) is 5.08.